The predicted octanol–water partition coefficient (Wildman–Crippen LogP) is 4.84. The van der Waals surface area contributed by atoms with E-state index in [1.54, 1.807) is 36.4 Å². The number of para-hydroxylation sites is 2. The summed E-state index contributed by atoms with van der Waals surface area (Å²) in [5.41, 5.74) is 0.311. The van der Waals surface area contributed by atoms with E-state index in [9.17, 15) is 8.78 Å². The molecule has 0 bridgehead atoms. The smallest absolute Gasteiger partial charge is 0.388 e. The summed E-state index contributed by atoms with van der Waals surface area (Å²) < 4.78 is 40.9. The number of nitrogens with zero attached hydrogens (tertiary/aromatic N) is 1. The van der Waals surface area contributed by atoms with Crippen molar-refractivity contribution in [3.63, 3.8) is 0 Å². The lowest BCUT2D eigenvalue weighted by Gasteiger charge is -2.20. The number of benzene rings is 2. The first-order valence-electron chi connectivity index (χ1n) is 7.56. The molecule has 0 saturated carbocycles. The highest BCUT2D eigenvalue weighted by molar-refractivity contribution is 5.25. The normalized spacial score (nSPS) is 10.7. The van der Waals surface area contributed by atoms with Crippen LogP contribution in [0.15, 0.2) is 78.9 Å². The summed E-state index contributed by atoms with van der Waals surface area (Å²) in [6.45, 7) is -2.95. The highest BCUT2D eigenvalue weighted by Crippen LogP contribution is 2.26. The molecule has 3 rings (SSSR count). The summed E-state index contributed by atoms with van der Waals surface area (Å²) >= 11 is 0. The van der Waals surface area contributed by atoms with Crippen molar-refractivity contribution in [3.8, 4) is 17.4 Å². The monoisotopic (exact) mass is 343 g/mol. The minimum absolute atomic E-state index is 0.203. The highest BCUT2D eigenvalue weighted by Gasteiger charge is 2.19. The van der Waals surface area contributed by atoms with E-state index in [-0.39, 0.29) is 5.88 Å². The Kier molecular flexibility index (Phi) is 5.41. The summed E-state index contributed by atoms with van der Waals surface area (Å²) in [5.74, 6) is 0.918. The average Bonchev–Trinajstić information content (AvgIpc) is 2.63. The first-order chi connectivity index (χ1) is 12.2. The zero-order valence-electron chi connectivity index (χ0n) is 13.1. The Morgan fingerprint density at radius 1 is 0.640 bits per heavy atom. The average molecular weight is 343 g/mol. The number of alkyl halides is 2. The molecular weight excluding hydrogens is 328 g/mol. The van der Waals surface area contributed by atoms with Gasteiger partial charge in [-0.15, -0.1) is 0 Å². The molecule has 0 saturated heterocycles. The largest absolute Gasteiger partial charge is 0.449 e. The molecule has 128 valence electrons. The van der Waals surface area contributed by atoms with Gasteiger partial charge in [-0.1, -0.05) is 42.5 Å². The van der Waals surface area contributed by atoms with Crippen LogP contribution in [-0.2, 0) is 0 Å². The number of hydrogen-bond acceptors (Lipinski definition) is 4. The minimum Gasteiger partial charge on any atom is -0.449 e. The maximum absolute atomic E-state index is 12.4. The van der Waals surface area contributed by atoms with Crippen LogP contribution in [0.5, 0.6) is 17.4 Å². The molecule has 0 fully saturated rings. The molecule has 1 aromatic heterocycles. The van der Waals surface area contributed by atoms with Crippen LogP contribution in [0, 0.1) is 0 Å². The molecule has 25 heavy (non-hydrogen) atoms. The van der Waals surface area contributed by atoms with Gasteiger partial charge in [0.1, 0.15) is 17.2 Å². The molecule has 0 amide bonds. The lowest BCUT2D eigenvalue weighted by atomic mass is 10.3. The van der Waals surface area contributed by atoms with Gasteiger partial charge in [-0.3, -0.25) is 0 Å². The SMILES string of the molecule is FC(F)Oc1cccc(C(Oc2ccccc2)Oc2ccccc2)n1. The van der Waals surface area contributed by atoms with Crippen molar-refractivity contribution < 1.29 is 23.0 Å². The van der Waals surface area contributed by atoms with Gasteiger partial charge in [-0.05, 0) is 30.3 Å². The molecule has 0 unspecified atom stereocenters. The van der Waals surface area contributed by atoms with Gasteiger partial charge < -0.3 is 14.2 Å². The Hall–Kier alpha value is -3.15. The van der Waals surface area contributed by atoms with Crippen molar-refractivity contribution >= 4 is 0 Å². The van der Waals surface area contributed by atoms with Gasteiger partial charge >= 0.3 is 6.61 Å². The summed E-state index contributed by atoms with van der Waals surface area (Å²) in [4.78, 5) is 4.05. The van der Waals surface area contributed by atoms with Crippen molar-refractivity contribution in [1.29, 1.82) is 0 Å². The molecule has 0 aliphatic heterocycles. The molecule has 0 atom stereocenters. The van der Waals surface area contributed by atoms with Crippen LogP contribution in [0.1, 0.15) is 12.0 Å². The summed E-state index contributed by atoms with van der Waals surface area (Å²) in [6.07, 6.45) is -0.925. The lowest BCUT2D eigenvalue weighted by molar-refractivity contribution is -0.0542. The third kappa shape index (κ3) is 4.91. The minimum atomic E-state index is -2.95. The fourth-order valence-corrected chi connectivity index (χ4v) is 2.11. The van der Waals surface area contributed by atoms with Gasteiger partial charge in [-0.25, -0.2) is 4.98 Å². The van der Waals surface area contributed by atoms with E-state index in [0.717, 1.165) is 0 Å². The van der Waals surface area contributed by atoms with Crippen LogP contribution in [0.25, 0.3) is 0 Å². The van der Waals surface area contributed by atoms with E-state index in [1.165, 1.54) is 6.07 Å². The molecular formula is C19H15F2NO3. The summed E-state index contributed by atoms with van der Waals surface area (Å²) in [6, 6.07) is 22.6. The van der Waals surface area contributed by atoms with Crippen LogP contribution in [0.3, 0.4) is 0 Å². The fraction of sp³-hybridized carbons (Fsp3) is 0.105. The first kappa shape index (κ1) is 16.7. The first-order valence-corrected chi connectivity index (χ1v) is 7.56. The van der Waals surface area contributed by atoms with E-state index < -0.39 is 12.9 Å². The highest BCUT2D eigenvalue weighted by atomic mass is 19.3. The van der Waals surface area contributed by atoms with E-state index in [4.69, 9.17) is 9.47 Å². The van der Waals surface area contributed by atoms with E-state index in [1.807, 2.05) is 36.4 Å². The molecule has 6 heteroatoms. The maximum atomic E-state index is 12.4. The summed E-state index contributed by atoms with van der Waals surface area (Å²) in [7, 11) is 0. The number of hydrogen-bond donors (Lipinski definition) is 0. The van der Waals surface area contributed by atoms with Crippen LogP contribution >= 0.6 is 0 Å². The Labute approximate surface area is 143 Å². The van der Waals surface area contributed by atoms with Crippen LogP contribution in [0.4, 0.5) is 8.78 Å². The van der Waals surface area contributed by atoms with Crippen LogP contribution in [-0.4, -0.2) is 11.6 Å². The second-order valence-electron chi connectivity index (χ2n) is 4.97. The third-order valence-electron chi connectivity index (χ3n) is 3.17. The Morgan fingerprint density at radius 3 is 1.72 bits per heavy atom. The molecule has 4 nitrogen and oxygen atoms in total. The van der Waals surface area contributed by atoms with E-state index >= 15 is 0 Å². The molecule has 1 heterocycles. The summed E-state index contributed by atoms with van der Waals surface area (Å²) in [5, 5.41) is 0. The van der Waals surface area contributed by atoms with Gasteiger partial charge in [0, 0.05) is 6.07 Å². The Morgan fingerprint density at radius 2 is 1.20 bits per heavy atom. The van der Waals surface area contributed by atoms with Crippen molar-refractivity contribution in [2.75, 3.05) is 0 Å². The standard InChI is InChI=1S/C19H15F2NO3/c20-19(21)25-17-13-7-12-16(22-17)18(23-14-8-3-1-4-9-14)24-15-10-5-2-6-11-15/h1-13,18-19H. The zero-order chi connectivity index (χ0) is 17.5. The quantitative estimate of drug-likeness (QED) is 0.576. The van der Waals surface area contributed by atoms with Gasteiger partial charge in [0.05, 0.1) is 0 Å². The number of ether oxygens (including phenoxy) is 3. The second-order valence-corrected chi connectivity index (χ2v) is 4.97. The Balaban J connectivity index is 1.87. The lowest BCUT2D eigenvalue weighted by Crippen LogP contribution is -2.17. The van der Waals surface area contributed by atoms with Gasteiger partial charge in [0.2, 0.25) is 5.88 Å². The molecule has 0 spiro atoms. The van der Waals surface area contributed by atoms with Crippen molar-refractivity contribution in [3.05, 3.63) is 84.6 Å². The topological polar surface area (TPSA) is 40.6 Å². The van der Waals surface area contributed by atoms with Gasteiger partial charge in [0.25, 0.3) is 6.29 Å². The van der Waals surface area contributed by atoms with Crippen LogP contribution in [0.2, 0.25) is 0 Å². The van der Waals surface area contributed by atoms with Crippen molar-refractivity contribution in [2.45, 2.75) is 12.9 Å². The van der Waals surface area contributed by atoms with E-state index in [2.05, 4.69) is 9.72 Å². The maximum Gasteiger partial charge on any atom is 0.388 e. The van der Waals surface area contributed by atoms with Gasteiger partial charge in [-0.2, -0.15) is 8.78 Å². The number of rotatable bonds is 7. The van der Waals surface area contributed by atoms with Crippen LogP contribution < -0.4 is 14.2 Å². The third-order valence-corrected chi connectivity index (χ3v) is 3.17. The number of halogens is 2. The molecule has 2 aromatic carbocycles. The fourth-order valence-electron chi connectivity index (χ4n) is 2.11. The Bertz CT molecular complexity index is 743. The second kappa shape index (κ2) is 8.10. The van der Waals surface area contributed by atoms with Crippen molar-refractivity contribution in [1.82, 2.24) is 4.98 Å². The molecule has 0 N–H and O–H groups in total. The van der Waals surface area contributed by atoms with Gasteiger partial charge in [0.15, 0.2) is 0 Å². The molecule has 0 aliphatic rings. The number of aromatic nitrogens is 1. The molecule has 0 aliphatic carbocycles. The van der Waals surface area contributed by atoms with E-state index in [0.29, 0.717) is 17.2 Å². The number of pyridine rings is 1. The molecule has 3 aromatic rings. The zero-order valence-corrected chi connectivity index (χ0v) is 13.1. The van der Waals surface area contributed by atoms with Crippen molar-refractivity contribution in [2.24, 2.45) is 0 Å². The predicted molar refractivity (Wildman–Crippen MR) is 87.8 cm³/mol. The molecule has 0 radical (unpaired) electrons.